The van der Waals surface area contributed by atoms with Gasteiger partial charge < -0.3 is 5.32 Å². The Hall–Kier alpha value is -2.82. The minimum absolute atomic E-state index is 0.000857. The van der Waals surface area contributed by atoms with Gasteiger partial charge in [-0.15, -0.1) is 0 Å². The summed E-state index contributed by atoms with van der Waals surface area (Å²) in [6, 6.07) is 16.3. The molecule has 1 aliphatic carbocycles. The van der Waals surface area contributed by atoms with Crippen LogP contribution in [0.5, 0.6) is 0 Å². The van der Waals surface area contributed by atoms with E-state index in [1.54, 1.807) is 4.57 Å². The van der Waals surface area contributed by atoms with Crippen molar-refractivity contribution in [2.45, 2.75) is 58.2 Å². The van der Waals surface area contributed by atoms with Crippen molar-refractivity contribution in [1.82, 2.24) is 14.5 Å². The molecule has 0 saturated heterocycles. The molecule has 5 nitrogen and oxygen atoms in total. The SMILES string of the molecule is CCCn1c(=O)n(CCC(=O)N[C@H]2CCCc3ccccc32)c2ccccc21. The standard InChI is InChI=1S/C23H27N3O2/c1-2-15-25-20-12-5-6-13-21(20)26(23(25)28)16-14-22(27)24-19-11-7-9-17-8-3-4-10-18(17)19/h3-6,8,10,12-13,19H,2,7,9,11,14-16H2,1H3,(H,24,27)/t19-/m0/s1. The maximum Gasteiger partial charge on any atom is 0.329 e. The second kappa shape index (κ2) is 8.05. The zero-order valence-electron chi connectivity index (χ0n) is 16.4. The number of benzene rings is 2. The predicted molar refractivity (Wildman–Crippen MR) is 111 cm³/mol. The number of carbonyl (C=O) groups is 1. The van der Waals surface area contributed by atoms with Crippen molar-refractivity contribution in [2.75, 3.05) is 0 Å². The third kappa shape index (κ3) is 3.49. The first-order chi connectivity index (χ1) is 13.7. The summed E-state index contributed by atoms with van der Waals surface area (Å²) in [4.78, 5) is 25.5. The van der Waals surface area contributed by atoms with Crippen molar-refractivity contribution in [3.8, 4) is 0 Å². The second-order valence-corrected chi connectivity index (χ2v) is 7.54. The Kier molecular flexibility index (Phi) is 5.33. The maximum absolute atomic E-state index is 12.8. The Morgan fingerprint density at radius 1 is 1.04 bits per heavy atom. The number of hydrogen-bond donors (Lipinski definition) is 1. The molecule has 0 aliphatic heterocycles. The van der Waals surface area contributed by atoms with Crippen LogP contribution in [0.4, 0.5) is 0 Å². The number of imidazole rings is 1. The monoisotopic (exact) mass is 377 g/mol. The van der Waals surface area contributed by atoms with Crippen molar-refractivity contribution in [3.05, 3.63) is 70.1 Å². The minimum Gasteiger partial charge on any atom is -0.349 e. The van der Waals surface area contributed by atoms with E-state index in [0.717, 1.165) is 36.7 Å². The van der Waals surface area contributed by atoms with E-state index in [4.69, 9.17) is 0 Å². The molecule has 2 aromatic carbocycles. The minimum atomic E-state index is -0.0288. The van der Waals surface area contributed by atoms with Gasteiger partial charge in [0.1, 0.15) is 0 Å². The maximum atomic E-state index is 12.8. The number of nitrogens with one attached hydrogen (secondary N) is 1. The van der Waals surface area contributed by atoms with Crippen LogP contribution in [-0.4, -0.2) is 15.0 Å². The number of aromatic nitrogens is 2. The molecule has 0 fully saturated rings. The van der Waals surface area contributed by atoms with Gasteiger partial charge in [0.25, 0.3) is 0 Å². The van der Waals surface area contributed by atoms with E-state index in [-0.39, 0.29) is 17.6 Å². The summed E-state index contributed by atoms with van der Waals surface area (Å²) in [5, 5.41) is 3.18. The largest absolute Gasteiger partial charge is 0.349 e. The van der Waals surface area contributed by atoms with Gasteiger partial charge in [-0.25, -0.2) is 4.79 Å². The average Bonchev–Trinajstić information content (AvgIpc) is 2.98. The first-order valence-electron chi connectivity index (χ1n) is 10.2. The zero-order valence-corrected chi connectivity index (χ0v) is 16.4. The van der Waals surface area contributed by atoms with Crippen molar-refractivity contribution < 1.29 is 4.79 Å². The van der Waals surface area contributed by atoms with Crippen LogP contribution in [0.25, 0.3) is 11.0 Å². The fourth-order valence-electron chi connectivity index (χ4n) is 4.31. The molecule has 0 radical (unpaired) electrons. The number of hydrogen-bond acceptors (Lipinski definition) is 2. The Labute approximate surface area is 165 Å². The number of rotatable bonds is 6. The molecule has 1 atom stereocenters. The van der Waals surface area contributed by atoms with Crippen molar-refractivity contribution in [3.63, 3.8) is 0 Å². The molecule has 0 spiro atoms. The van der Waals surface area contributed by atoms with Crippen LogP contribution in [0.2, 0.25) is 0 Å². The second-order valence-electron chi connectivity index (χ2n) is 7.54. The Morgan fingerprint density at radius 2 is 1.71 bits per heavy atom. The Bertz CT molecular complexity index is 1050. The first kappa shape index (κ1) is 18.5. The molecule has 1 N–H and O–H groups in total. The molecule has 1 aromatic heterocycles. The molecule has 0 saturated carbocycles. The third-order valence-electron chi connectivity index (χ3n) is 5.64. The lowest BCUT2D eigenvalue weighted by Gasteiger charge is -2.26. The molecular formula is C23H27N3O2. The first-order valence-corrected chi connectivity index (χ1v) is 10.2. The molecule has 0 unspecified atom stereocenters. The molecular weight excluding hydrogens is 350 g/mol. The molecule has 5 heteroatoms. The van der Waals surface area contributed by atoms with E-state index in [0.29, 0.717) is 19.5 Å². The highest BCUT2D eigenvalue weighted by Crippen LogP contribution is 2.29. The number of carbonyl (C=O) groups excluding carboxylic acids is 1. The Balaban J connectivity index is 1.49. The summed E-state index contributed by atoms with van der Waals surface area (Å²) in [6.45, 7) is 3.15. The molecule has 1 heterocycles. The molecule has 1 aliphatic rings. The average molecular weight is 377 g/mol. The summed E-state index contributed by atoms with van der Waals surface area (Å²) in [7, 11) is 0. The highest BCUT2D eigenvalue weighted by molar-refractivity contribution is 5.78. The van der Waals surface area contributed by atoms with Crippen molar-refractivity contribution in [1.29, 1.82) is 0 Å². The number of nitrogens with zero attached hydrogens (tertiary/aromatic N) is 2. The van der Waals surface area contributed by atoms with E-state index >= 15 is 0 Å². The van der Waals surface area contributed by atoms with Gasteiger partial charge in [0.05, 0.1) is 17.1 Å². The van der Waals surface area contributed by atoms with Gasteiger partial charge in [0.2, 0.25) is 5.91 Å². The highest BCUT2D eigenvalue weighted by Gasteiger charge is 2.21. The van der Waals surface area contributed by atoms with Gasteiger partial charge in [-0.05, 0) is 48.9 Å². The van der Waals surface area contributed by atoms with Gasteiger partial charge in [0, 0.05) is 19.5 Å². The fraction of sp³-hybridized carbons (Fsp3) is 0.391. The summed E-state index contributed by atoms with van der Waals surface area (Å²) in [6.07, 6.45) is 4.34. The fourth-order valence-corrected chi connectivity index (χ4v) is 4.31. The lowest BCUT2D eigenvalue weighted by molar-refractivity contribution is -0.122. The van der Waals surface area contributed by atoms with Crippen LogP contribution < -0.4 is 11.0 Å². The predicted octanol–water partition coefficient (Wildman–Crippen LogP) is 3.80. The van der Waals surface area contributed by atoms with Gasteiger partial charge in [-0.1, -0.05) is 43.3 Å². The quantitative estimate of drug-likeness (QED) is 0.710. The summed E-state index contributed by atoms with van der Waals surface area (Å²) >= 11 is 0. The van der Waals surface area contributed by atoms with Crippen LogP contribution in [-0.2, 0) is 24.3 Å². The smallest absolute Gasteiger partial charge is 0.329 e. The van der Waals surface area contributed by atoms with Crippen LogP contribution in [0.1, 0.15) is 49.8 Å². The summed E-state index contributed by atoms with van der Waals surface area (Å²) in [5.74, 6) is 0.000857. The Morgan fingerprint density at radius 3 is 2.46 bits per heavy atom. The normalized spacial score (nSPS) is 16.1. The number of fused-ring (bicyclic) bond motifs is 2. The molecule has 28 heavy (non-hydrogen) atoms. The topological polar surface area (TPSA) is 56.0 Å². The third-order valence-corrected chi connectivity index (χ3v) is 5.64. The molecule has 0 bridgehead atoms. The van der Waals surface area contributed by atoms with E-state index in [1.165, 1.54) is 11.1 Å². The molecule has 1 amide bonds. The van der Waals surface area contributed by atoms with Crippen molar-refractivity contribution in [2.24, 2.45) is 0 Å². The molecule has 4 rings (SSSR count). The summed E-state index contributed by atoms with van der Waals surface area (Å²) < 4.78 is 3.55. The summed E-state index contributed by atoms with van der Waals surface area (Å²) in [5.41, 5.74) is 4.38. The number of aryl methyl sites for hydroxylation is 3. The van der Waals surface area contributed by atoms with Crippen LogP contribution in [0.15, 0.2) is 53.3 Å². The van der Waals surface area contributed by atoms with Gasteiger partial charge in [-0.3, -0.25) is 13.9 Å². The number of para-hydroxylation sites is 2. The van der Waals surface area contributed by atoms with E-state index in [9.17, 15) is 9.59 Å². The lowest BCUT2D eigenvalue weighted by Crippen LogP contribution is -2.32. The number of amides is 1. The van der Waals surface area contributed by atoms with Crippen molar-refractivity contribution >= 4 is 16.9 Å². The van der Waals surface area contributed by atoms with Crippen LogP contribution in [0.3, 0.4) is 0 Å². The van der Waals surface area contributed by atoms with Gasteiger partial charge in [-0.2, -0.15) is 0 Å². The lowest BCUT2D eigenvalue weighted by atomic mass is 9.88. The van der Waals surface area contributed by atoms with Crippen LogP contribution >= 0.6 is 0 Å². The van der Waals surface area contributed by atoms with Gasteiger partial charge in [0.15, 0.2) is 0 Å². The van der Waals surface area contributed by atoms with E-state index < -0.39 is 0 Å². The highest BCUT2D eigenvalue weighted by atomic mass is 16.2. The van der Waals surface area contributed by atoms with E-state index in [1.807, 2.05) is 34.9 Å². The molecule has 3 aromatic rings. The zero-order chi connectivity index (χ0) is 19.5. The van der Waals surface area contributed by atoms with Crippen LogP contribution in [0, 0.1) is 0 Å². The van der Waals surface area contributed by atoms with E-state index in [2.05, 4.69) is 30.4 Å². The molecule has 146 valence electrons. The van der Waals surface area contributed by atoms with Gasteiger partial charge >= 0.3 is 5.69 Å².